The first kappa shape index (κ1) is 21.0. The van der Waals surface area contributed by atoms with Crippen LogP contribution >= 0.6 is 12.4 Å². The van der Waals surface area contributed by atoms with E-state index in [1.54, 1.807) is 6.07 Å². The number of amides is 1. The molecule has 2 aromatic rings. The minimum atomic E-state index is -0.438. The molecule has 0 unspecified atom stereocenters. The molecule has 0 bridgehead atoms. The van der Waals surface area contributed by atoms with Gasteiger partial charge in [-0.3, -0.25) is 4.79 Å². The van der Waals surface area contributed by atoms with Gasteiger partial charge in [-0.1, -0.05) is 24.3 Å². The van der Waals surface area contributed by atoms with Crippen molar-refractivity contribution in [3.8, 4) is 5.75 Å². The molecule has 1 heterocycles. The number of anilines is 1. The Morgan fingerprint density at radius 2 is 1.93 bits per heavy atom. The van der Waals surface area contributed by atoms with Crippen LogP contribution in [-0.2, 0) is 14.3 Å². The predicted molar refractivity (Wildman–Crippen MR) is 108 cm³/mol. The van der Waals surface area contributed by atoms with E-state index in [9.17, 15) is 9.59 Å². The number of carbonyl (C=O) groups excluding carboxylic acids is 2. The maximum atomic E-state index is 12.7. The van der Waals surface area contributed by atoms with E-state index in [1.807, 2.05) is 30.3 Å². The Bertz CT molecular complexity index is 812. The van der Waals surface area contributed by atoms with Crippen LogP contribution in [0.15, 0.2) is 36.4 Å². The summed E-state index contributed by atoms with van der Waals surface area (Å²) in [5, 5.41) is 8.15. The first-order valence-electron chi connectivity index (χ1n) is 8.84. The standard InChI is InChI=1S/C20H24N2O4.ClH/c1-13-11-14(9-10-21-13)20(24)22-17-7-8-18(26-12-19(23)25-2)16-6-4-3-5-15(16)17;/h3-8,13-14,21H,9-12H2,1-2H3,(H,22,24);1H/t13-,14-;/m0./s1. The maximum Gasteiger partial charge on any atom is 0.343 e. The quantitative estimate of drug-likeness (QED) is 0.764. The number of ether oxygens (including phenoxy) is 2. The fourth-order valence-electron chi connectivity index (χ4n) is 3.31. The van der Waals surface area contributed by atoms with Crippen LogP contribution in [0.5, 0.6) is 5.75 Å². The Hall–Kier alpha value is -2.31. The second kappa shape index (κ2) is 9.58. The number of esters is 1. The summed E-state index contributed by atoms with van der Waals surface area (Å²) in [7, 11) is 1.32. The molecule has 1 amide bonds. The summed E-state index contributed by atoms with van der Waals surface area (Å²) >= 11 is 0. The summed E-state index contributed by atoms with van der Waals surface area (Å²) < 4.78 is 10.2. The van der Waals surface area contributed by atoms with Crippen molar-refractivity contribution in [2.24, 2.45) is 5.92 Å². The molecule has 2 aromatic carbocycles. The molecule has 2 N–H and O–H groups in total. The van der Waals surface area contributed by atoms with Crippen molar-refractivity contribution >= 4 is 40.7 Å². The highest BCUT2D eigenvalue weighted by Crippen LogP contribution is 2.32. The minimum Gasteiger partial charge on any atom is -0.481 e. The monoisotopic (exact) mass is 392 g/mol. The molecule has 0 radical (unpaired) electrons. The third-order valence-corrected chi connectivity index (χ3v) is 4.71. The summed E-state index contributed by atoms with van der Waals surface area (Å²) in [6, 6.07) is 11.6. The number of fused-ring (bicyclic) bond motifs is 1. The molecule has 3 rings (SSSR count). The Labute approximate surface area is 165 Å². The first-order valence-corrected chi connectivity index (χ1v) is 8.84. The number of carbonyl (C=O) groups is 2. The highest BCUT2D eigenvalue weighted by Gasteiger charge is 2.25. The number of nitrogens with one attached hydrogen (secondary N) is 2. The van der Waals surface area contributed by atoms with Gasteiger partial charge in [-0.05, 0) is 38.4 Å². The van der Waals surface area contributed by atoms with Crippen LogP contribution in [-0.4, -0.2) is 38.2 Å². The molecule has 0 spiro atoms. The van der Waals surface area contributed by atoms with Gasteiger partial charge in [0.25, 0.3) is 0 Å². The lowest BCUT2D eigenvalue weighted by molar-refractivity contribution is -0.142. The number of hydrogen-bond acceptors (Lipinski definition) is 5. The van der Waals surface area contributed by atoms with Crippen LogP contribution in [0.3, 0.4) is 0 Å². The van der Waals surface area contributed by atoms with Crippen LogP contribution in [0.4, 0.5) is 5.69 Å². The summed E-state index contributed by atoms with van der Waals surface area (Å²) in [6.07, 6.45) is 1.68. The fraction of sp³-hybridized carbons (Fsp3) is 0.400. The molecular weight excluding hydrogens is 368 g/mol. The van der Waals surface area contributed by atoms with Crippen LogP contribution in [0.25, 0.3) is 10.8 Å². The van der Waals surface area contributed by atoms with Crippen molar-refractivity contribution < 1.29 is 19.1 Å². The van der Waals surface area contributed by atoms with Crippen LogP contribution in [0, 0.1) is 5.92 Å². The predicted octanol–water partition coefficient (Wildman–Crippen LogP) is 3.14. The highest BCUT2D eigenvalue weighted by molar-refractivity contribution is 6.04. The van der Waals surface area contributed by atoms with Gasteiger partial charge in [0.15, 0.2) is 6.61 Å². The Morgan fingerprint density at radius 3 is 2.63 bits per heavy atom. The first-order chi connectivity index (χ1) is 12.6. The van der Waals surface area contributed by atoms with Crippen molar-refractivity contribution in [3.63, 3.8) is 0 Å². The van der Waals surface area contributed by atoms with E-state index in [-0.39, 0.29) is 30.8 Å². The van der Waals surface area contributed by atoms with Gasteiger partial charge < -0.3 is 20.1 Å². The molecule has 146 valence electrons. The van der Waals surface area contributed by atoms with Gasteiger partial charge in [0.1, 0.15) is 5.75 Å². The Morgan fingerprint density at radius 1 is 1.19 bits per heavy atom. The van der Waals surface area contributed by atoms with Gasteiger partial charge >= 0.3 is 5.97 Å². The van der Waals surface area contributed by atoms with Gasteiger partial charge in [-0.15, -0.1) is 12.4 Å². The van der Waals surface area contributed by atoms with E-state index in [0.717, 1.165) is 35.8 Å². The van der Waals surface area contributed by atoms with E-state index in [1.165, 1.54) is 7.11 Å². The largest absolute Gasteiger partial charge is 0.481 e. The average Bonchev–Trinajstić information content (AvgIpc) is 2.67. The molecule has 1 aliphatic heterocycles. The molecule has 2 atom stereocenters. The van der Waals surface area contributed by atoms with E-state index in [2.05, 4.69) is 22.3 Å². The van der Waals surface area contributed by atoms with Crippen LogP contribution in [0.1, 0.15) is 19.8 Å². The smallest absolute Gasteiger partial charge is 0.343 e. The van der Waals surface area contributed by atoms with Crippen LogP contribution in [0.2, 0.25) is 0 Å². The highest BCUT2D eigenvalue weighted by atomic mass is 35.5. The summed E-state index contributed by atoms with van der Waals surface area (Å²) in [4.78, 5) is 24.0. The zero-order valence-electron chi connectivity index (χ0n) is 15.5. The number of halogens is 1. The third-order valence-electron chi connectivity index (χ3n) is 4.71. The van der Waals surface area contributed by atoms with Crippen molar-refractivity contribution in [1.82, 2.24) is 5.32 Å². The van der Waals surface area contributed by atoms with Gasteiger partial charge in [-0.25, -0.2) is 4.79 Å². The number of rotatable bonds is 5. The summed E-state index contributed by atoms with van der Waals surface area (Å²) in [5.74, 6) is 0.206. The van der Waals surface area contributed by atoms with E-state index in [0.29, 0.717) is 11.8 Å². The second-order valence-electron chi connectivity index (χ2n) is 6.59. The van der Waals surface area contributed by atoms with Gasteiger partial charge in [-0.2, -0.15) is 0 Å². The number of hydrogen-bond donors (Lipinski definition) is 2. The maximum absolute atomic E-state index is 12.7. The molecular formula is C20H25ClN2O4. The van der Waals surface area contributed by atoms with Crippen LogP contribution < -0.4 is 15.4 Å². The molecule has 0 aliphatic carbocycles. The Kier molecular flexibility index (Phi) is 7.45. The minimum absolute atomic E-state index is 0. The van der Waals surface area contributed by atoms with E-state index < -0.39 is 5.97 Å². The topological polar surface area (TPSA) is 76.7 Å². The summed E-state index contributed by atoms with van der Waals surface area (Å²) in [6.45, 7) is 2.81. The average molecular weight is 393 g/mol. The lowest BCUT2D eigenvalue weighted by Gasteiger charge is -2.27. The lowest BCUT2D eigenvalue weighted by atomic mass is 9.92. The van der Waals surface area contributed by atoms with Crippen molar-refractivity contribution in [2.75, 3.05) is 25.6 Å². The SMILES string of the molecule is COC(=O)COc1ccc(NC(=O)[C@H]2CCN[C@@H](C)C2)c2ccccc12.Cl. The zero-order valence-corrected chi connectivity index (χ0v) is 16.3. The molecule has 7 heteroatoms. The van der Waals surface area contributed by atoms with E-state index in [4.69, 9.17) is 4.74 Å². The number of methoxy groups -OCH3 is 1. The molecule has 1 saturated heterocycles. The summed E-state index contributed by atoms with van der Waals surface area (Å²) in [5.41, 5.74) is 0.752. The van der Waals surface area contributed by atoms with Crippen molar-refractivity contribution in [3.05, 3.63) is 36.4 Å². The molecule has 0 saturated carbocycles. The van der Waals surface area contributed by atoms with Gasteiger partial charge in [0.2, 0.25) is 5.91 Å². The molecule has 6 nitrogen and oxygen atoms in total. The van der Waals surface area contributed by atoms with Gasteiger partial charge in [0, 0.05) is 28.4 Å². The molecule has 1 aliphatic rings. The Balaban J connectivity index is 0.00000261. The zero-order chi connectivity index (χ0) is 18.5. The normalized spacial score (nSPS) is 19.0. The molecule has 27 heavy (non-hydrogen) atoms. The lowest BCUT2D eigenvalue weighted by Crippen LogP contribution is -2.40. The van der Waals surface area contributed by atoms with Crippen molar-refractivity contribution in [2.45, 2.75) is 25.8 Å². The number of piperidine rings is 1. The molecule has 1 fully saturated rings. The van der Waals surface area contributed by atoms with Gasteiger partial charge in [0.05, 0.1) is 7.11 Å². The fourth-order valence-corrected chi connectivity index (χ4v) is 3.31. The third kappa shape index (κ3) is 5.11. The van der Waals surface area contributed by atoms with Crippen molar-refractivity contribution in [1.29, 1.82) is 0 Å². The second-order valence-corrected chi connectivity index (χ2v) is 6.59. The molecule has 0 aromatic heterocycles. The van der Waals surface area contributed by atoms with E-state index >= 15 is 0 Å². The number of benzene rings is 2.